The second kappa shape index (κ2) is 5.36. The van der Waals surface area contributed by atoms with Crippen molar-refractivity contribution < 1.29 is 0 Å². The number of hydrogen-bond donors (Lipinski definition) is 1. The highest BCUT2D eigenvalue weighted by Crippen LogP contribution is 2.21. The van der Waals surface area contributed by atoms with E-state index in [-0.39, 0.29) is 5.41 Å². The van der Waals surface area contributed by atoms with E-state index in [0.29, 0.717) is 0 Å². The van der Waals surface area contributed by atoms with Gasteiger partial charge in [0.25, 0.3) is 0 Å². The first kappa shape index (κ1) is 13.1. The fourth-order valence-corrected chi connectivity index (χ4v) is 2.02. The summed E-state index contributed by atoms with van der Waals surface area (Å²) in [6, 6.07) is 8.52. The molecule has 0 radical (unpaired) electrons. The molecule has 1 rings (SSSR count). The van der Waals surface area contributed by atoms with Crippen molar-refractivity contribution in [2.24, 2.45) is 5.41 Å². The molecular weight excluding hydrogens is 264 g/mol. The van der Waals surface area contributed by atoms with Gasteiger partial charge in [0, 0.05) is 16.7 Å². The summed E-state index contributed by atoms with van der Waals surface area (Å²) in [6.07, 6.45) is 0.842. The molecule has 1 aromatic rings. The van der Waals surface area contributed by atoms with Crippen molar-refractivity contribution in [3.05, 3.63) is 28.2 Å². The number of nitrogens with zero attached hydrogens (tertiary/aromatic N) is 1. The molecule has 16 heavy (non-hydrogen) atoms. The molecule has 0 aliphatic carbocycles. The molecule has 3 heteroatoms. The van der Waals surface area contributed by atoms with E-state index in [0.717, 1.165) is 23.1 Å². The zero-order valence-electron chi connectivity index (χ0n) is 9.97. The second-order valence-electron chi connectivity index (χ2n) is 4.69. The van der Waals surface area contributed by atoms with Crippen LogP contribution in [0.2, 0.25) is 0 Å². The molecule has 0 saturated carbocycles. The highest BCUT2D eigenvalue weighted by molar-refractivity contribution is 9.10. The number of nitrogens with one attached hydrogen (secondary N) is 1. The number of rotatable bonds is 4. The second-order valence-corrected chi connectivity index (χ2v) is 5.61. The van der Waals surface area contributed by atoms with Crippen molar-refractivity contribution in [3.8, 4) is 6.07 Å². The van der Waals surface area contributed by atoms with Crippen LogP contribution < -0.4 is 5.32 Å². The molecule has 0 spiro atoms. The Morgan fingerprint density at radius 3 is 2.62 bits per heavy atom. The largest absolute Gasteiger partial charge is 0.385 e. The molecule has 0 saturated heterocycles. The molecule has 0 fully saturated rings. The van der Waals surface area contributed by atoms with Gasteiger partial charge < -0.3 is 5.32 Å². The molecule has 0 aliphatic heterocycles. The van der Waals surface area contributed by atoms with Crippen LogP contribution in [-0.2, 0) is 0 Å². The van der Waals surface area contributed by atoms with Crippen LogP contribution in [0, 0.1) is 23.7 Å². The van der Waals surface area contributed by atoms with Gasteiger partial charge in [0.2, 0.25) is 0 Å². The molecule has 0 aromatic heterocycles. The topological polar surface area (TPSA) is 35.8 Å². The smallest absolute Gasteiger partial charge is 0.0684 e. The lowest BCUT2D eigenvalue weighted by atomic mass is 9.91. The zero-order chi connectivity index (χ0) is 12.2. The Labute approximate surface area is 106 Å². The highest BCUT2D eigenvalue weighted by atomic mass is 79.9. The fourth-order valence-electron chi connectivity index (χ4n) is 1.41. The summed E-state index contributed by atoms with van der Waals surface area (Å²) in [7, 11) is 0. The lowest BCUT2D eigenvalue weighted by Gasteiger charge is -2.16. The van der Waals surface area contributed by atoms with Crippen molar-refractivity contribution in [1.82, 2.24) is 0 Å². The Hall–Kier alpha value is -1.01. The number of hydrogen-bond acceptors (Lipinski definition) is 2. The summed E-state index contributed by atoms with van der Waals surface area (Å²) in [5, 5.41) is 12.2. The molecule has 2 nitrogen and oxygen atoms in total. The monoisotopic (exact) mass is 280 g/mol. The number of benzene rings is 1. The van der Waals surface area contributed by atoms with Crippen LogP contribution >= 0.6 is 15.9 Å². The number of nitriles is 1. The standard InChI is InChI=1S/C13H17BrN2/c1-10-6-11(14)8-12(7-10)16-5-4-13(2,3)9-15/h6-8,16H,4-5H2,1-3H3. The predicted molar refractivity (Wildman–Crippen MR) is 71.4 cm³/mol. The minimum atomic E-state index is -0.256. The first-order valence-corrected chi connectivity index (χ1v) is 6.14. The summed E-state index contributed by atoms with van der Waals surface area (Å²) in [5.74, 6) is 0. The molecule has 1 aromatic carbocycles. The quantitative estimate of drug-likeness (QED) is 0.901. The van der Waals surface area contributed by atoms with Crippen LogP contribution in [0.15, 0.2) is 22.7 Å². The SMILES string of the molecule is Cc1cc(Br)cc(NCCC(C)(C)C#N)c1. The van der Waals surface area contributed by atoms with Crippen molar-refractivity contribution in [2.45, 2.75) is 27.2 Å². The van der Waals surface area contributed by atoms with E-state index in [1.54, 1.807) is 0 Å². The molecule has 0 atom stereocenters. The van der Waals surface area contributed by atoms with Crippen LogP contribution in [0.1, 0.15) is 25.8 Å². The summed E-state index contributed by atoms with van der Waals surface area (Å²) in [4.78, 5) is 0. The van der Waals surface area contributed by atoms with Gasteiger partial charge in [-0.25, -0.2) is 0 Å². The lowest BCUT2D eigenvalue weighted by molar-refractivity contribution is 0.466. The molecule has 1 N–H and O–H groups in total. The third kappa shape index (κ3) is 4.24. The summed E-state index contributed by atoms with van der Waals surface area (Å²) in [6.45, 7) is 6.80. The van der Waals surface area contributed by atoms with E-state index in [9.17, 15) is 0 Å². The number of halogens is 1. The maximum atomic E-state index is 8.89. The van der Waals surface area contributed by atoms with E-state index in [2.05, 4.69) is 46.4 Å². The van der Waals surface area contributed by atoms with E-state index in [1.165, 1.54) is 5.56 Å². The molecule has 0 heterocycles. The highest BCUT2D eigenvalue weighted by Gasteiger charge is 2.15. The summed E-state index contributed by atoms with van der Waals surface area (Å²) in [5.41, 5.74) is 2.06. The average Bonchev–Trinajstić information content (AvgIpc) is 2.16. The normalized spacial score (nSPS) is 10.9. The zero-order valence-corrected chi connectivity index (χ0v) is 11.6. The van der Waals surface area contributed by atoms with Crippen LogP contribution in [0.3, 0.4) is 0 Å². The lowest BCUT2D eigenvalue weighted by Crippen LogP contribution is -2.14. The molecular formula is C13H17BrN2. The molecule has 0 unspecified atom stereocenters. The molecule has 86 valence electrons. The first-order valence-electron chi connectivity index (χ1n) is 5.35. The van der Waals surface area contributed by atoms with Crippen LogP contribution in [0.5, 0.6) is 0 Å². The third-order valence-corrected chi connectivity index (χ3v) is 2.88. The number of aryl methyl sites for hydroxylation is 1. The molecule has 0 aliphatic rings. The van der Waals surface area contributed by atoms with Crippen molar-refractivity contribution in [3.63, 3.8) is 0 Å². The predicted octanol–water partition coefficient (Wildman–Crippen LogP) is 4.11. The van der Waals surface area contributed by atoms with Gasteiger partial charge in [-0.05, 0) is 51.0 Å². The van der Waals surface area contributed by atoms with Gasteiger partial charge in [-0.2, -0.15) is 5.26 Å². The maximum Gasteiger partial charge on any atom is 0.0684 e. The Morgan fingerprint density at radius 2 is 2.06 bits per heavy atom. The maximum absolute atomic E-state index is 8.89. The van der Waals surface area contributed by atoms with E-state index >= 15 is 0 Å². The van der Waals surface area contributed by atoms with Gasteiger partial charge in [-0.15, -0.1) is 0 Å². The summed E-state index contributed by atoms with van der Waals surface area (Å²) >= 11 is 3.47. The van der Waals surface area contributed by atoms with Gasteiger partial charge >= 0.3 is 0 Å². The number of anilines is 1. The summed E-state index contributed by atoms with van der Waals surface area (Å²) < 4.78 is 1.08. The Morgan fingerprint density at radius 1 is 1.38 bits per heavy atom. The molecule has 0 bridgehead atoms. The van der Waals surface area contributed by atoms with Gasteiger partial charge in [0.05, 0.1) is 11.5 Å². The van der Waals surface area contributed by atoms with Gasteiger partial charge in [0.15, 0.2) is 0 Å². The average molecular weight is 281 g/mol. The van der Waals surface area contributed by atoms with Crippen LogP contribution in [-0.4, -0.2) is 6.54 Å². The van der Waals surface area contributed by atoms with Gasteiger partial charge in [-0.1, -0.05) is 15.9 Å². The van der Waals surface area contributed by atoms with E-state index in [1.807, 2.05) is 19.9 Å². The fraction of sp³-hybridized carbons (Fsp3) is 0.462. The van der Waals surface area contributed by atoms with Crippen molar-refractivity contribution in [1.29, 1.82) is 5.26 Å². The van der Waals surface area contributed by atoms with Gasteiger partial charge in [-0.3, -0.25) is 0 Å². The Bertz CT molecular complexity index is 385. The third-order valence-electron chi connectivity index (χ3n) is 2.42. The molecule has 0 amide bonds. The van der Waals surface area contributed by atoms with E-state index in [4.69, 9.17) is 5.26 Å². The Balaban J connectivity index is 2.53. The minimum Gasteiger partial charge on any atom is -0.385 e. The van der Waals surface area contributed by atoms with Crippen LogP contribution in [0.25, 0.3) is 0 Å². The van der Waals surface area contributed by atoms with Gasteiger partial charge in [0.1, 0.15) is 0 Å². The van der Waals surface area contributed by atoms with Crippen molar-refractivity contribution in [2.75, 3.05) is 11.9 Å². The first-order chi connectivity index (χ1) is 7.43. The van der Waals surface area contributed by atoms with Crippen molar-refractivity contribution >= 4 is 21.6 Å². The Kier molecular flexibility index (Phi) is 4.37. The van der Waals surface area contributed by atoms with Crippen LogP contribution in [0.4, 0.5) is 5.69 Å². The van der Waals surface area contributed by atoms with E-state index < -0.39 is 0 Å². The minimum absolute atomic E-state index is 0.256.